The normalized spacial score (nSPS) is 9.53. The van der Waals surface area contributed by atoms with Crippen molar-refractivity contribution in [3.63, 3.8) is 0 Å². The average Bonchev–Trinajstić information content (AvgIpc) is 2.79. The molecule has 0 spiro atoms. The van der Waals surface area contributed by atoms with Crippen molar-refractivity contribution in [1.82, 2.24) is 19.9 Å². The van der Waals surface area contributed by atoms with Crippen LogP contribution in [0.2, 0.25) is 0 Å². The first kappa shape index (κ1) is 9.15. The summed E-state index contributed by atoms with van der Waals surface area (Å²) in [5.74, 6) is 1.25. The topological polar surface area (TPSA) is 90.3 Å². The summed E-state index contributed by atoms with van der Waals surface area (Å²) in [6, 6.07) is 1.96. The van der Waals surface area contributed by atoms with Gasteiger partial charge >= 0.3 is 0 Å². The van der Waals surface area contributed by atoms with Crippen molar-refractivity contribution in [2.75, 3.05) is 5.32 Å². The Morgan fingerprint density at radius 2 is 2.13 bits per heavy atom. The molecule has 6 nitrogen and oxygen atoms in total. The largest absolute Gasteiger partial charge is 0.360 e. The van der Waals surface area contributed by atoms with Crippen LogP contribution in [0.1, 0.15) is 11.5 Å². The third kappa shape index (κ3) is 2.08. The van der Waals surface area contributed by atoms with Crippen LogP contribution >= 0.6 is 0 Å². The van der Waals surface area contributed by atoms with Crippen LogP contribution in [0.3, 0.4) is 0 Å². The molecule has 0 aliphatic carbocycles. The second-order valence-corrected chi connectivity index (χ2v) is 2.75. The predicted molar refractivity (Wildman–Crippen MR) is 52.7 cm³/mol. The molecule has 0 bridgehead atoms. The van der Waals surface area contributed by atoms with E-state index in [2.05, 4.69) is 25.3 Å². The highest BCUT2D eigenvalue weighted by atomic mass is 15.0. The van der Waals surface area contributed by atoms with Crippen LogP contribution in [0.25, 0.3) is 0 Å². The molecule has 0 saturated carbocycles. The number of H-pyrrole nitrogens is 1. The predicted octanol–water partition coefficient (Wildman–Crippen LogP) is 0.683. The molecule has 0 amide bonds. The first-order chi connectivity index (χ1) is 7.40. The van der Waals surface area contributed by atoms with E-state index >= 15 is 0 Å². The molecule has 0 aliphatic heterocycles. The molecule has 2 aromatic rings. The van der Waals surface area contributed by atoms with Gasteiger partial charge in [0.05, 0.1) is 6.54 Å². The van der Waals surface area contributed by atoms with Gasteiger partial charge in [0.15, 0.2) is 11.5 Å². The summed E-state index contributed by atoms with van der Waals surface area (Å²) in [6.45, 7) is 0.486. The Kier molecular flexibility index (Phi) is 2.56. The number of nitriles is 1. The summed E-state index contributed by atoms with van der Waals surface area (Å²) >= 11 is 0. The standard InChI is InChI=1S/C9H8N6/c10-5-7-9(14-4-1-11-7)15-6-8-12-2-3-13-8/h1-4H,6H2,(H,12,13)(H,14,15). The molecule has 0 aliphatic rings. The van der Waals surface area contributed by atoms with E-state index in [0.717, 1.165) is 5.82 Å². The lowest BCUT2D eigenvalue weighted by atomic mass is 10.4. The summed E-state index contributed by atoms with van der Waals surface area (Å²) in [5.41, 5.74) is 0.282. The van der Waals surface area contributed by atoms with Gasteiger partial charge in [0.2, 0.25) is 0 Å². The summed E-state index contributed by atoms with van der Waals surface area (Å²) in [5, 5.41) is 11.7. The molecule has 0 fully saturated rings. The fraction of sp³-hybridized carbons (Fsp3) is 0.111. The molecule has 74 valence electrons. The third-order valence-corrected chi connectivity index (χ3v) is 1.78. The van der Waals surface area contributed by atoms with E-state index < -0.39 is 0 Å². The molecular formula is C9H8N6. The van der Waals surface area contributed by atoms with Gasteiger partial charge in [-0.3, -0.25) is 0 Å². The number of rotatable bonds is 3. The quantitative estimate of drug-likeness (QED) is 0.760. The third-order valence-electron chi connectivity index (χ3n) is 1.78. The molecule has 15 heavy (non-hydrogen) atoms. The van der Waals surface area contributed by atoms with Crippen molar-refractivity contribution in [1.29, 1.82) is 5.26 Å². The van der Waals surface area contributed by atoms with E-state index in [1.165, 1.54) is 12.4 Å². The van der Waals surface area contributed by atoms with Crippen LogP contribution in [-0.4, -0.2) is 19.9 Å². The first-order valence-corrected chi connectivity index (χ1v) is 4.33. The minimum atomic E-state index is 0.282. The molecule has 0 aromatic carbocycles. The zero-order valence-corrected chi connectivity index (χ0v) is 7.81. The molecule has 0 atom stereocenters. The highest BCUT2D eigenvalue weighted by Gasteiger charge is 2.03. The maximum atomic E-state index is 8.76. The Labute approximate surface area is 86.0 Å². The van der Waals surface area contributed by atoms with Gasteiger partial charge in [0.1, 0.15) is 11.9 Å². The summed E-state index contributed by atoms with van der Waals surface area (Å²) in [4.78, 5) is 14.9. The lowest BCUT2D eigenvalue weighted by Crippen LogP contribution is -2.05. The van der Waals surface area contributed by atoms with Crippen molar-refractivity contribution in [3.05, 3.63) is 36.3 Å². The fourth-order valence-electron chi connectivity index (χ4n) is 1.11. The van der Waals surface area contributed by atoms with Crippen LogP contribution in [0.15, 0.2) is 24.8 Å². The zero-order valence-electron chi connectivity index (χ0n) is 7.81. The number of hydrogen-bond donors (Lipinski definition) is 2. The number of anilines is 1. The van der Waals surface area contributed by atoms with Gasteiger partial charge in [0.25, 0.3) is 0 Å². The lowest BCUT2D eigenvalue weighted by Gasteiger charge is -2.03. The molecule has 0 unspecified atom stereocenters. The number of nitrogens with one attached hydrogen (secondary N) is 2. The van der Waals surface area contributed by atoms with Crippen molar-refractivity contribution in [2.45, 2.75) is 6.54 Å². The van der Waals surface area contributed by atoms with Crippen LogP contribution in [0.4, 0.5) is 5.82 Å². The summed E-state index contributed by atoms with van der Waals surface area (Å²) in [7, 11) is 0. The number of hydrogen-bond acceptors (Lipinski definition) is 5. The Morgan fingerprint density at radius 1 is 1.27 bits per heavy atom. The summed E-state index contributed by atoms with van der Waals surface area (Å²) in [6.07, 6.45) is 6.42. The number of nitrogens with zero attached hydrogens (tertiary/aromatic N) is 4. The van der Waals surface area contributed by atoms with E-state index in [0.29, 0.717) is 12.4 Å². The minimum absolute atomic E-state index is 0.282. The Hall–Kier alpha value is -2.42. The van der Waals surface area contributed by atoms with Gasteiger partial charge in [-0.2, -0.15) is 5.26 Å². The number of aromatic nitrogens is 4. The first-order valence-electron chi connectivity index (χ1n) is 4.33. The van der Waals surface area contributed by atoms with Crippen molar-refractivity contribution < 1.29 is 0 Å². The van der Waals surface area contributed by atoms with Crippen LogP contribution in [0, 0.1) is 11.3 Å². The van der Waals surface area contributed by atoms with Gasteiger partial charge in [-0.15, -0.1) is 0 Å². The number of imidazole rings is 1. The molecular weight excluding hydrogens is 192 g/mol. The van der Waals surface area contributed by atoms with Crippen LogP contribution < -0.4 is 5.32 Å². The smallest absolute Gasteiger partial charge is 0.182 e. The van der Waals surface area contributed by atoms with Gasteiger partial charge in [-0.25, -0.2) is 15.0 Å². The monoisotopic (exact) mass is 200 g/mol. The highest BCUT2D eigenvalue weighted by Crippen LogP contribution is 2.07. The van der Waals surface area contributed by atoms with Gasteiger partial charge in [-0.05, 0) is 0 Å². The fourth-order valence-corrected chi connectivity index (χ4v) is 1.11. The van der Waals surface area contributed by atoms with Crippen molar-refractivity contribution >= 4 is 5.82 Å². The van der Waals surface area contributed by atoms with E-state index in [9.17, 15) is 0 Å². The lowest BCUT2D eigenvalue weighted by molar-refractivity contribution is 0.979. The van der Waals surface area contributed by atoms with Crippen molar-refractivity contribution in [2.24, 2.45) is 0 Å². The molecule has 2 N–H and O–H groups in total. The zero-order chi connectivity index (χ0) is 10.5. The van der Waals surface area contributed by atoms with Gasteiger partial charge in [-0.1, -0.05) is 0 Å². The minimum Gasteiger partial charge on any atom is -0.360 e. The van der Waals surface area contributed by atoms with Gasteiger partial charge in [0, 0.05) is 24.8 Å². The Morgan fingerprint density at radius 3 is 2.87 bits per heavy atom. The summed E-state index contributed by atoms with van der Waals surface area (Å²) < 4.78 is 0. The van der Waals surface area contributed by atoms with Crippen LogP contribution in [0.5, 0.6) is 0 Å². The maximum absolute atomic E-state index is 8.76. The SMILES string of the molecule is N#Cc1nccnc1NCc1ncc[nH]1. The van der Waals surface area contributed by atoms with E-state index in [1.807, 2.05) is 6.07 Å². The molecule has 0 saturated heterocycles. The highest BCUT2D eigenvalue weighted by molar-refractivity contribution is 5.46. The Bertz CT molecular complexity index is 470. The molecule has 2 heterocycles. The van der Waals surface area contributed by atoms with E-state index in [1.54, 1.807) is 12.4 Å². The van der Waals surface area contributed by atoms with Gasteiger partial charge < -0.3 is 10.3 Å². The van der Waals surface area contributed by atoms with E-state index in [4.69, 9.17) is 5.26 Å². The average molecular weight is 200 g/mol. The Balaban J connectivity index is 2.08. The molecule has 2 aromatic heterocycles. The van der Waals surface area contributed by atoms with Crippen LogP contribution in [-0.2, 0) is 6.54 Å². The molecule has 2 rings (SSSR count). The second kappa shape index (κ2) is 4.19. The van der Waals surface area contributed by atoms with Crippen molar-refractivity contribution in [3.8, 4) is 6.07 Å². The number of aromatic amines is 1. The maximum Gasteiger partial charge on any atom is 0.182 e. The second-order valence-electron chi connectivity index (χ2n) is 2.75. The van der Waals surface area contributed by atoms with E-state index in [-0.39, 0.29) is 5.69 Å². The molecule has 0 radical (unpaired) electrons. The molecule has 6 heteroatoms.